The zero-order chi connectivity index (χ0) is 14.5. The van der Waals surface area contributed by atoms with Gasteiger partial charge in [-0.25, -0.2) is 0 Å². The monoisotopic (exact) mass is 285 g/mol. The van der Waals surface area contributed by atoms with Crippen molar-refractivity contribution >= 4 is 5.91 Å². The molecule has 0 saturated carbocycles. The van der Waals surface area contributed by atoms with Crippen molar-refractivity contribution in [3.05, 3.63) is 48.0 Å². The van der Waals surface area contributed by atoms with Gasteiger partial charge in [0.15, 0.2) is 0 Å². The summed E-state index contributed by atoms with van der Waals surface area (Å²) in [7, 11) is 0. The van der Waals surface area contributed by atoms with Crippen molar-refractivity contribution in [3.63, 3.8) is 0 Å². The highest BCUT2D eigenvalue weighted by Gasteiger charge is 2.21. The van der Waals surface area contributed by atoms with Gasteiger partial charge in [0.05, 0.1) is 0 Å². The normalized spacial score (nSPS) is 17.8. The summed E-state index contributed by atoms with van der Waals surface area (Å²) in [5, 5.41) is 13.8. The minimum absolute atomic E-state index is 0.00873. The van der Waals surface area contributed by atoms with Crippen LogP contribution in [-0.4, -0.2) is 40.3 Å². The van der Waals surface area contributed by atoms with E-state index in [-0.39, 0.29) is 5.91 Å². The van der Waals surface area contributed by atoms with E-state index in [1.165, 1.54) is 0 Å². The number of nitrogens with one attached hydrogen (secondary N) is 2. The lowest BCUT2D eigenvalue weighted by atomic mass is 9.93. The van der Waals surface area contributed by atoms with Gasteiger partial charge in [0, 0.05) is 25.2 Å². The maximum absolute atomic E-state index is 12.4. The molecule has 0 bridgehead atoms. The molecule has 1 aliphatic rings. The summed E-state index contributed by atoms with van der Waals surface area (Å²) in [5.74, 6) is 0.426. The van der Waals surface area contributed by atoms with Crippen LogP contribution in [0.4, 0.5) is 0 Å². The number of carbonyl (C=O) groups excluding carboxylic acids is 1. The molecule has 0 spiro atoms. The average molecular weight is 285 g/mol. The van der Waals surface area contributed by atoms with Crippen LogP contribution >= 0.6 is 0 Å². The third-order valence-corrected chi connectivity index (χ3v) is 3.83. The standard InChI is InChI=1S/C15H19N5O/c21-15(17-7-8-20-10-18-19-11-20)14-4-2-1-3-13(14)12-5-6-16-9-12/h1-4,10-12,16H,5-9H2,(H,17,21)/t12-/m0/s1. The summed E-state index contributed by atoms with van der Waals surface area (Å²) < 4.78 is 1.84. The summed E-state index contributed by atoms with van der Waals surface area (Å²) in [6.45, 7) is 3.21. The lowest BCUT2D eigenvalue weighted by Crippen LogP contribution is -2.28. The lowest BCUT2D eigenvalue weighted by Gasteiger charge is -2.14. The van der Waals surface area contributed by atoms with E-state index in [1.54, 1.807) is 12.7 Å². The second kappa shape index (κ2) is 6.49. The van der Waals surface area contributed by atoms with Crippen molar-refractivity contribution in [2.75, 3.05) is 19.6 Å². The highest BCUT2D eigenvalue weighted by Crippen LogP contribution is 2.25. The van der Waals surface area contributed by atoms with Crippen LogP contribution in [0.2, 0.25) is 0 Å². The van der Waals surface area contributed by atoms with Crippen LogP contribution in [0.3, 0.4) is 0 Å². The number of aromatic nitrogens is 3. The molecule has 1 aromatic carbocycles. The average Bonchev–Trinajstić information content (AvgIpc) is 3.20. The summed E-state index contributed by atoms with van der Waals surface area (Å²) in [5.41, 5.74) is 1.93. The first-order valence-electron chi connectivity index (χ1n) is 7.25. The molecule has 2 aromatic rings. The fraction of sp³-hybridized carbons (Fsp3) is 0.400. The third-order valence-electron chi connectivity index (χ3n) is 3.83. The third kappa shape index (κ3) is 3.28. The van der Waals surface area contributed by atoms with Gasteiger partial charge >= 0.3 is 0 Å². The molecule has 1 aliphatic heterocycles. The van der Waals surface area contributed by atoms with Gasteiger partial charge in [0.1, 0.15) is 12.7 Å². The zero-order valence-corrected chi connectivity index (χ0v) is 11.8. The van der Waals surface area contributed by atoms with Crippen molar-refractivity contribution < 1.29 is 4.79 Å². The Balaban J connectivity index is 1.63. The van der Waals surface area contributed by atoms with Crippen LogP contribution in [0.5, 0.6) is 0 Å². The van der Waals surface area contributed by atoms with E-state index in [0.29, 0.717) is 19.0 Å². The van der Waals surface area contributed by atoms with Crippen molar-refractivity contribution in [1.82, 2.24) is 25.4 Å². The minimum atomic E-state index is -0.00873. The molecule has 0 unspecified atom stereocenters. The number of hydrogen-bond acceptors (Lipinski definition) is 4. The molecule has 21 heavy (non-hydrogen) atoms. The first-order valence-corrected chi connectivity index (χ1v) is 7.25. The number of benzene rings is 1. The van der Waals surface area contributed by atoms with E-state index in [0.717, 1.165) is 30.6 Å². The fourth-order valence-corrected chi connectivity index (χ4v) is 2.71. The molecule has 1 fully saturated rings. The fourth-order valence-electron chi connectivity index (χ4n) is 2.71. The largest absolute Gasteiger partial charge is 0.350 e. The SMILES string of the molecule is O=C(NCCn1cnnc1)c1ccccc1[C@H]1CCNC1. The van der Waals surface area contributed by atoms with Gasteiger partial charge in [-0.05, 0) is 30.5 Å². The molecule has 1 saturated heterocycles. The molecular weight excluding hydrogens is 266 g/mol. The van der Waals surface area contributed by atoms with E-state index >= 15 is 0 Å². The van der Waals surface area contributed by atoms with Crippen molar-refractivity contribution in [1.29, 1.82) is 0 Å². The second-order valence-corrected chi connectivity index (χ2v) is 5.23. The first-order chi connectivity index (χ1) is 10.3. The van der Waals surface area contributed by atoms with Crippen LogP contribution in [0.15, 0.2) is 36.9 Å². The molecule has 6 heteroatoms. The molecule has 3 rings (SSSR count). The Hall–Kier alpha value is -2.21. The van der Waals surface area contributed by atoms with E-state index in [9.17, 15) is 4.79 Å². The van der Waals surface area contributed by atoms with E-state index in [1.807, 2.05) is 22.8 Å². The summed E-state index contributed by atoms with van der Waals surface area (Å²) >= 11 is 0. The molecule has 1 amide bonds. The van der Waals surface area contributed by atoms with Crippen molar-refractivity contribution in [3.8, 4) is 0 Å². The topological polar surface area (TPSA) is 71.8 Å². The van der Waals surface area contributed by atoms with Crippen LogP contribution in [0.25, 0.3) is 0 Å². The van der Waals surface area contributed by atoms with Crippen LogP contribution < -0.4 is 10.6 Å². The van der Waals surface area contributed by atoms with E-state index in [4.69, 9.17) is 0 Å². The molecule has 110 valence electrons. The quantitative estimate of drug-likeness (QED) is 0.852. The Morgan fingerprint density at radius 2 is 2.14 bits per heavy atom. The van der Waals surface area contributed by atoms with Crippen LogP contribution in [0, 0.1) is 0 Å². The highest BCUT2D eigenvalue weighted by atomic mass is 16.1. The molecule has 1 aromatic heterocycles. The molecule has 0 radical (unpaired) electrons. The van der Waals surface area contributed by atoms with Crippen LogP contribution in [-0.2, 0) is 6.54 Å². The van der Waals surface area contributed by atoms with Gasteiger partial charge in [-0.3, -0.25) is 4.79 Å². The molecule has 1 atom stereocenters. The molecule has 2 N–H and O–H groups in total. The summed E-state index contributed by atoms with van der Waals surface area (Å²) in [4.78, 5) is 12.4. The number of amides is 1. The summed E-state index contributed by atoms with van der Waals surface area (Å²) in [6.07, 6.45) is 4.37. The number of hydrogen-bond donors (Lipinski definition) is 2. The van der Waals surface area contributed by atoms with Gasteiger partial charge in [0.25, 0.3) is 5.91 Å². The molecule has 2 heterocycles. The number of rotatable bonds is 5. The van der Waals surface area contributed by atoms with E-state index in [2.05, 4.69) is 26.9 Å². The second-order valence-electron chi connectivity index (χ2n) is 5.23. The summed E-state index contributed by atoms with van der Waals surface area (Å²) in [6, 6.07) is 7.89. The molecule has 0 aliphatic carbocycles. The number of carbonyl (C=O) groups is 1. The van der Waals surface area contributed by atoms with Gasteiger partial charge in [-0.1, -0.05) is 18.2 Å². The van der Waals surface area contributed by atoms with Crippen molar-refractivity contribution in [2.24, 2.45) is 0 Å². The molecular formula is C15H19N5O. The Bertz CT molecular complexity index is 590. The van der Waals surface area contributed by atoms with Gasteiger partial charge in [-0.2, -0.15) is 0 Å². The van der Waals surface area contributed by atoms with Gasteiger partial charge in [-0.15, -0.1) is 10.2 Å². The smallest absolute Gasteiger partial charge is 0.251 e. The van der Waals surface area contributed by atoms with Gasteiger partial charge < -0.3 is 15.2 Å². The number of nitrogens with zero attached hydrogens (tertiary/aromatic N) is 3. The first kappa shape index (κ1) is 13.8. The minimum Gasteiger partial charge on any atom is -0.350 e. The maximum Gasteiger partial charge on any atom is 0.251 e. The zero-order valence-electron chi connectivity index (χ0n) is 11.8. The molecule has 6 nitrogen and oxygen atoms in total. The predicted molar refractivity (Wildman–Crippen MR) is 79.0 cm³/mol. The Labute approximate surface area is 123 Å². The lowest BCUT2D eigenvalue weighted by molar-refractivity contribution is 0.0951. The van der Waals surface area contributed by atoms with E-state index < -0.39 is 0 Å². The predicted octanol–water partition coefficient (Wildman–Crippen LogP) is 0.785. The highest BCUT2D eigenvalue weighted by molar-refractivity contribution is 5.95. The Morgan fingerprint density at radius 3 is 2.90 bits per heavy atom. The Kier molecular flexibility index (Phi) is 4.25. The maximum atomic E-state index is 12.4. The van der Waals surface area contributed by atoms with Crippen LogP contribution in [0.1, 0.15) is 28.3 Å². The Morgan fingerprint density at radius 1 is 1.33 bits per heavy atom. The van der Waals surface area contributed by atoms with Gasteiger partial charge in [0.2, 0.25) is 0 Å². The van der Waals surface area contributed by atoms with Crippen molar-refractivity contribution in [2.45, 2.75) is 18.9 Å².